The lowest BCUT2D eigenvalue weighted by Gasteiger charge is -2.34. The molecule has 2 aromatic rings. The number of hydrogen-bond acceptors (Lipinski definition) is 3. The normalized spacial score (nSPS) is 22.4. The van der Waals surface area contributed by atoms with Gasteiger partial charge in [-0.1, -0.05) is 74.0 Å². The van der Waals surface area contributed by atoms with Gasteiger partial charge in [0.25, 0.3) is 0 Å². The van der Waals surface area contributed by atoms with E-state index in [0.717, 1.165) is 24.2 Å². The molecule has 0 saturated heterocycles. The molecule has 3 rings (SSSR count). The molecular weight excluding hydrogens is 318 g/mol. The lowest BCUT2D eigenvalue weighted by atomic mass is 9.75. The quantitative estimate of drug-likeness (QED) is 0.559. The summed E-state index contributed by atoms with van der Waals surface area (Å²) in [4.78, 5) is 0. The zero-order valence-corrected chi connectivity index (χ0v) is 15.5. The Kier molecular flexibility index (Phi) is 5.69. The van der Waals surface area contributed by atoms with Gasteiger partial charge in [-0.15, -0.1) is 0 Å². The number of benzene rings is 2. The van der Waals surface area contributed by atoms with Crippen molar-refractivity contribution in [2.75, 3.05) is 5.01 Å². The Labute approximate surface area is 156 Å². The molecule has 1 aliphatic rings. The van der Waals surface area contributed by atoms with Crippen molar-refractivity contribution in [3.63, 3.8) is 0 Å². The van der Waals surface area contributed by atoms with Crippen LogP contribution in [-0.4, -0.2) is 12.3 Å². The molecule has 0 heterocycles. The second kappa shape index (κ2) is 8.15. The van der Waals surface area contributed by atoms with Gasteiger partial charge in [0.05, 0.1) is 11.4 Å². The first-order chi connectivity index (χ1) is 12.7. The molecule has 3 heteroatoms. The van der Waals surface area contributed by atoms with Crippen molar-refractivity contribution in [2.24, 2.45) is 16.3 Å². The fraction of sp³-hybridized carbons (Fsp3) is 0.261. The maximum atomic E-state index is 6.52. The highest BCUT2D eigenvalue weighted by molar-refractivity contribution is 5.75. The molecule has 0 aromatic heterocycles. The molecule has 134 valence electrons. The first kappa shape index (κ1) is 18.2. The van der Waals surface area contributed by atoms with E-state index in [9.17, 15) is 0 Å². The highest BCUT2D eigenvalue weighted by Crippen LogP contribution is 2.33. The summed E-state index contributed by atoms with van der Waals surface area (Å²) in [6, 6.07) is 20.3. The van der Waals surface area contributed by atoms with Gasteiger partial charge in [-0.2, -0.15) is 5.10 Å². The maximum absolute atomic E-state index is 6.52. The zero-order valence-electron chi connectivity index (χ0n) is 15.5. The summed E-state index contributed by atoms with van der Waals surface area (Å²) >= 11 is 0. The predicted molar refractivity (Wildman–Crippen MR) is 112 cm³/mol. The van der Waals surface area contributed by atoms with E-state index in [-0.39, 0.29) is 11.5 Å². The smallest absolute Gasteiger partial charge is 0.0652 e. The molecule has 1 aliphatic carbocycles. The molecule has 3 nitrogen and oxygen atoms in total. The van der Waals surface area contributed by atoms with Crippen LogP contribution in [0.4, 0.5) is 11.4 Å². The summed E-state index contributed by atoms with van der Waals surface area (Å²) in [5.41, 5.74) is 9.60. The number of anilines is 2. The van der Waals surface area contributed by atoms with Crippen LogP contribution in [0.15, 0.2) is 89.6 Å². The van der Waals surface area contributed by atoms with Crippen LogP contribution in [0.5, 0.6) is 0 Å². The molecule has 26 heavy (non-hydrogen) atoms. The topological polar surface area (TPSA) is 41.6 Å². The summed E-state index contributed by atoms with van der Waals surface area (Å²) < 4.78 is 0. The van der Waals surface area contributed by atoms with Gasteiger partial charge < -0.3 is 5.73 Å². The highest BCUT2D eigenvalue weighted by atomic mass is 15.5. The summed E-state index contributed by atoms with van der Waals surface area (Å²) in [6.45, 7) is 4.32. The van der Waals surface area contributed by atoms with Gasteiger partial charge in [0.2, 0.25) is 0 Å². The van der Waals surface area contributed by atoms with Gasteiger partial charge in [0.1, 0.15) is 0 Å². The van der Waals surface area contributed by atoms with E-state index in [1.54, 1.807) is 0 Å². The minimum atomic E-state index is -0.263. The first-order valence-corrected chi connectivity index (χ1v) is 9.29. The summed E-state index contributed by atoms with van der Waals surface area (Å²) in [5.74, 6) is 0. The van der Waals surface area contributed by atoms with Crippen molar-refractivity contribution >= 4 is 17.6 Å². The molecule has 0 saturated carbocycles. The zero-order chi connectivity index (χ0) is 18.4. The van der Waals surface area contributed by atoms with Crippen LogP contribution in [-0.2, 0) is 0 Å². The van der Waals surface area contributed by atoms with E-state index in [1.165, 1.54) is 5.57 Å². The van der Waals surface area contributed by atoms with Crippen LogP contribution < -0.4 is 10.7 Å². The average molecular weight is 345 g/mol. The Morgan fingerprint density at radius 3 is 2.04 bits per heavy atom. The number of allylic oxidation sites excluding steroid dienone is 2. The molecule has 0 spiro atoms. The summed E-state index contributed by atoms with van der Waals surface area (Å²) in [6.07, 6.45) is 10.5. The van der Waals surface area contributed by atoms with Gasteiger partial charge in [-0.25, -0.2) is 5.01 Å². The van der Waals surface area contributed by atoms with Crippen LogP contribution in [0, 0.1) is 5.41 Å². The highest BCUT2D eigenvalue weighted by Gasteiger charge is 2.32. The Bertz CT molecular complexity index is 753. The van der Waals surface area contributed by atoms with Crippen LogP contribution >= 0.6 is 0 Å². The van der Waals surface area contributed by atoms with Crippen molar-refractivity contribution in [1.29, 1.82) is 0 Å². The van der Waals surface area contributed by atoms with E-state index in [1.807, 2.05) is 47.6 Å². The van der Waals surface area contributed by atoms with E-state index < -0.39 is 0 Å². The summed E-state index contributed by atoms with van der Waals surface area (Å²) in [5, 5.41) is 6.85. The maximum Gasteiger partial charge on any atom is 0.0652 e. The van der Waals surface area contributed by atoms with Crippen LogP contribution in [0.2, 0.25) is 0 Å². The molecule has 2 N–H and O–H groups in total. The van der Waals surface area contributed by atoms with Crippen molar-refractivity contribution < 1.29 is 0 Å². The van der Waals surface area contributed by atoms with Crippen molar-refractivity contribution in [3.8, 4) is 0 Å². The monoisotopic (exact) mass is 345 g/mol. The Morgan fingerprint density at radius 1 is 1.00 bits per heavy atom. The van der Waals surface area contributed by atoms with Crippen LogP contribution in [0.3, 0.4) is 0 Å². The molecule has 2 unspecified atom stereocenters. The molecule has 2 aromatic carbocycles. The number of rotatable bonds is 6. The number of para-hydroxylation sites is 2. The third kappa shape index (κ3) is 3.78. The van der Waals surface area contributed by atoms with E-state index in [0.29, 0.717) is 0 Å². The fourth-order valence-electron chi connectivity index (χ4n) is 3.21. The Morgan fingerprint density at radius 2 is 1.58 bits per heavy atom. The minimum absolute atomic E-state index is 0.0652. The number of hydrazone groups is 1. The van der Waals surface area contributed by atoms with E-state index in [2.05, 4.69) is 56.3 Å². The van der Waals surface area contributed by atoms with Gasteiger partial charge in [-0.3, -0.25) is 0 Å². The van der Waals surface area contributed by atoms with Crippen molar-refractivity contribution in [3.05, 3.63) is 84.5 Å². The van der Waals surface area contributed by atoms with Crippen LogP contribution in [0.25, 0.3) is 0 Å². The van der Waals surface area contributed by atoms with Gasteiger partial charge >= 0.3 is 0 Å². The second-order valence-corrected chi connectivity index (χ2v) is 6.65. The van der Waals surface area contributed by atoms with Gasteiger partial charge in [0.15, 0.2) is 0 Å². The molecule has 2 atom stereocenters. The lowest BCUT2D eigenvalue weighted by Crippen LogP contribution is -2.42. The van der Waals surface area contributed by atoms with Gasteiger partial charge in [-0.05, 0) is 37.1 Å². The molecule has 0 aliphatic heterocycles. The molecule has 0 bridgehead atoms. The summed E-state index contributed by atoms with van der Waals surface area (Å²) in [7, 11) is 0. The largest absolute Gasteiger partial charge is 0.323 e. The van der Waals surface area contributed by atoms with Crippen molar-refractivity contribution in [1.82, 2.24) is 0 Å². The fourth-order valence-corrected chi connectivity index (χ4v) is 3.21. The second-order valence-electron chi connectivity index (χ2n) is 6.65. The van der Waals surface area contributed by atoms with Gasteiger partial charge in [0, 0.05) is 17.7 Å². The average Bonchev–Trinajstić information content (AvgIpc) is 2.71. The Balaban J connectivity index is 1.96. The SMILES string of the molecule is CCC1=CC(N)C(C=NN(c2ccccc2)c2ccccc2)(CC)C=C1. The number of nitrogens with two attached hydrogens (primary N) is 1. The Hall–Kier alpha value is -2.65. The number of nitrogens with zero attached hydrogens (tertiary/aromatic N) is 2. The number of hydrogen-bond donors (Lipinski definition) is 1. The standard InChI is InChI=1S/C23H27N3/c1-3-19-15-16-23(4-2,22(24)17-19)18-25-26(20-11-7-5-8-12-20)21-13-9-6-10-14-21/h5-18,22H,3-4,24H2,1-2H3. The third-order valence-corrected chi connectivity index (χ3v) is 5.06. The molecule has 0 fully saturated rings. The van der Waals surface area contributed by atoms with E-state index in [4.69, 9.17) is 10.8 Å². The minimum Gasteiger partial charge on any atom is -0.323 e. The first-order valence-electron chi connectivity index (χ1n) is 9.29. The van der Waals surface area contributed by atoms with Crippen molar-refractivity contribution in [2.45, 2.75) is 32.7 Å². The predicted octanol–water partition coefficient (Wildman–Crippen LogP) is 5.44. The molecule has 0 radical (unpaired) electrons. The lowest BCUT2D eigenvalue weighted by molar-refractivity contribution is 0.458. The van der Waals surface area contributed by atoms with Crippen LogP contribution in [0.1, 0.15) is 26.7 Å². The van der Waals surface area contributed by atoms with E-state index >= 15 is 0 Å². The third-order valence-electron chi connectivity index (χ3n) is 5.06. The molecule has 0 amide bonds. The molecular formula is C23H27N3.